The summed E-state index contributed by atoms with van der Waals surface area (Å²) < 4.78 is 1.46. The van der Waals surface area contributed by atoms with Gasteiger partial charge in [0.2, 0.25) is 0 Å². The van der Waals surface area contributed by atoms with Crippen molar-refractivity contribution >= 4 is 3.26 Å². The predicted molar refractivity (Wildman–Crippen MR) is 119 cm³/mol. The molecule has 0 unspecified atom stereocenters. The largest absolute Gasteiger partial charge is 0.214 e. The molecule has 156 valence electrons. The molecule has 0 aliphatic heterocycles. The third kappa shape index (κ3) is 9.08. The SMILES string of the molecule is Cc1c[c-](C)c(C)c1C.[Cl-].[Cl-].[Hf+2]=[C](c1ccccc1)c1ccccc1.c1cc[cH-]c1. The standard InChI is InChI=1S/C13H10.C9H13.C5H5.2ClH.Hf/c1-3-7-12(8-4-1)11-13-9-5-2-6-10-13;1-6-5-7(2)9(4)8(6)3;1-2-4-5-3-1;;;/h1-10H;5H,1-4H3;1-5H;2*1H;/q;2*-1;;;+2/p-2. The van der Waals surface area contributed by atoms with E-state index in [1.165, 1.54) is 36.6 Å². The zero-order valence-electron chi connectivity index (χ0n) is 18.0. The Hall–Kier alpha value is -1.54. The van der Waals surface area contributed by atoms with E-state index >= 15 is 0 Å². The van der Waals surface area contributed by atoms with Crippen LogP contribution in [0.25, 0.3) is 0 Å². The van der Waals surface area contributed by atoms with Gasteiger partial charge in [-0.2, -0.15) is 46.5 Å². The smallest absolute Gasteiger partial charge is 0.172 e. The molecule has 30 heavy (non-hydrogen) atoms. The van der Waals surface area contributed by atoms with E-state index in [2.05, 4.69) is 94.4 Å². The molecule has 0 spiro atoms. The summed E-state index contributed by atoms with van der Waals surface area (Å²) >= 11 is 1.08. The maximum absolute atomic E-state index is 2.24. The zero-order valence-corrected chi connectivity index (χ0v) is 23.1. The van der Waals surface area contributed by atoms with Gasteiger partial charge in [0.1, 0.15) is 0 Å². The second-order valence-corrected chi connectivity index (χ2v) is 8.63. The number of halogens is 2. The van der Waals surface area contributed by atoms with Gasteiger partial charge in [-0.05, 0) is 0 Å². The van der Waals surface area contributed by atoms with E-state index in [4.69, 9.17) is 0 Å². The molecule has 0 saturated carbocycles. The van der Waals surface area contributed by atoms with Crippen molar-refractivity contribution in [3.8, 4) is 0 Å². The molecule has 4 aromatic carbocycles. The summed E-state index contributed by atoms with van der Waals surface area (Å²) in [5.41, 5.74) is 8.45. The summed E-state index contributed by atoms with van der Waals surface area (Å²) in [5, 5.41) is 0. The van der Waals surface area contributed by atoms with E-state index in [0.29, 0.717) is 0 Å². The van der Waals surface area contributed by atoms with Crippen LogP contribution < -0.4 is 24.8 Å². The van der Waals surface area contributed by atoms with Gasteiger partial charge in [-0.15, -0.1) is 0 Å². The van der Waals surface area contributed by atoms with Gasteiger partial charge < -0.3 is 24.8 Å². The van der Waals surface area contributed by atoms with Crippen LogP contribution in [0.5, 0.6) is 0 Å². The van der Waals surface area contributed by atoms with Crippen molar-refractivity contribution in [1.29, 1.82) is 0 Å². The quantitative estimate of drug-likeness (QED) is 0.236. The molecule has 0 nitrogen and oxygen atoms in total. The Labute approximate surface area is 209 Å². The van der Waals surface area contributed by atoms with E-state index in [0.717, 1.165) is 23.9 Å². The Balaban J connectivity index is 0.000000454. The van der Waals surface area contributed by atoms with Gasteiger partial charge in [-0.25, -0.2) is 12.1 Å². The first kappa shape index (κ1) is 28.5. The molecule has 4 aromatic rings. The van der Waals surface area contributed by atoms with Crippen molar-refractivity contribution in [2.24, 2.45) is 0 Å². The molecular weight excluding hydrogens is 574 g/mol. The molecule has 3 heteroatoms. The molecule has 0 amide bonds. The first-order chi connectivity index (χ1) is 13.5. The van der Waals surface area contributed by atoms with E-state index < -0.39 is 0 Å². The summed E-state index contributed by atoms with van der Waals surface area (Å²) in [6, 6.07) is 33.4. The summed E-state index contributed by atoms with van der Waals surface area (Å²) in [5.74, 6) is 0. The predicted octanol–water partition coefficient (Wildman–Crippen LogP) is 0.855. The van der Waals surface area contributed by atoms with E-state index in [1.807, 2.05) is 30.3 Å². The minimum absolute atomic E-state index is 0. The van der Waals surface area contributed by atoms with Crippen LogP contribution in [0.15, 0.2) is 97.1 Å². The van der Waals surface area contributed by atoms with Gasteiger partial charge in [0, 0.05) is 0 Å². The molecule has 0 aliphatic rings. The minimum atomic E-state index is 0. The van der Waals surface area contributed by atoms with Crippen LogP contribution in [-0.2, 0) is 23.9 Å². The van der Waals surface area contributed by atoms with Gasteiger partial charge >= 0.3 is 98.9 Å². The van der Waals surface area contributed by atoms with Crippen molar-refractivity contribution in [3.63, 3.8) is 0 Å². The van der Waals surface area contributed by atoms with Crippen LogP contribution in [-0.4, -0.2) is 3.26 Å². The van der Waals surface area contributed by atoms with Crippen LogP contribution in [0.2, 0.25) is 0 Å². The molecule has 0 aliphatic carbocycles. The molecule has 0 aromatic heterocycles. The fraction of sp³-hybridized carbons (Fsp3) is 0.148. The summed E-state index contributed by atoms with van der Waals surface area (Å²) in [6.07, 6.45) is 0. The fourth-order valence-corrected chi connectivity index (χ4v) is 4.03. The topological polar surface area (TPSA) is 0 Å². The summed E-state index contributed by atoms with van der Waals surface area (Å²) in [7, 11) is 0. The molecular formula is C27H28Cl2Hf-2. The molecule has 0 saturated heterocycles. The van der Waals surface area contributed by atoms with Crippen LogP contribution >= 0.6 is 0 Å². The maximum atomic E-state index is 2.24. The average Bonchev–Trinajstić information content (AvgIpc) is 3.39. The van der Waals surface area contributed by atoms with Crippen LogP contribution in [0.4, 0.5) is 0 Å². The van der Waals surface area contributed by atoms with E-state index in [-0.39, 0.29) is 24.8 Å². The Bertz CT molecular complexity index is 872. The average molecular weight is 602 g/mol. The third-order valence-corrected chi connectivity index (χ3v) is 6.93. The Morgan fingerprint density at radius 3 is 1.40 bits per heavy atom. The third-order valence-electron chi connectivity index (χ3n) is 4.86. The van der Waals surface area contributed by atoms with E-state index in [9.17, 15) is 0 Å². The molecule has 4 rings (SSSR count). The molecule has 0 N–H and O–H groups in total. The molecule has 0 radical (unpaired) electrons. The van der Waals surface area contributed by atoms with Crippen molar-refractivity contribution in [2.45, 2.75) is 27.7 Å². The molecule has 0 fully saturated rings. The van der Waals surface area contributed by atoms with Gasteiger partial charge in [-0.3, -0.25) is 0 Å². The Morgan fingerprint density at radius 2 is 1.17 bits per heavy atom. The van der Waals surface area contributed by atoms with Gasteiger partial charge in [0.05, 0.1) is 0 Å². The van der Waals surface area contributed by atoms with Gasteiger partial charge in [0.15, 0.2) is 0 Å². The van der Waals surface area contributed by atoms with Crippen LogP contribution in [0.3, 0.4) is 0 Å². The molecule has 0 atom stereocenters. The first-order valence-corrected chi connectivity index (χ1v) is 11.4. The Morgan fingerprint density at radius 1 is 0.733 bits per heavy atom. The number of aryl methyl sites for hydroxylation is 2. The second-order valence-electron chi connectivity index (χ2n) is 6.83. The molecule has 0 bridgehead atoms. The number of rotatable bonds is 2. The summed E-state index contributed by atoms with van der Waals surface area (Å²) in [4.78, 5) is 0. The summed E-state index contributed by atoms with van der Waals surface area (Å²) in [6.45, 7) is 8.68. The fourth-order valence-electron chi connectivity index (χ4n) is 2.83. The van der Waals surface area contributed by atoms with Crippen molar-refractivity contribution in [3.05, 3.63) is 130 Å². The van der Waals surface area contributed by atoms with Crippen molar-refractivity contribution in [1.82, 2.24) is 0 Å². The van der Waals surface area contributed by atoms with Crippen LogP contribution in [0, 0.1) is 27.7 Å². The minimum Gasteiger partial charge on any atom is -0.214 e. The monoisotopic (exact) mass is 602 g/mol. The number of hydrogen-bond acceptors (Lipinski definition) is 0. The van der Waals surface area contributed by atoms with Crippen molar-refractivity contribution < 1.29 is 48.7 Å². The Kier molecular flexibility index (Phi) is 14.5. The van der Waals surface area contributed by atoms with Crippen LogP contribution in [0.1, 0.15) is 33.4 Å². The van der Waals surface area contributed by atoms with E-state index in [1.54, 1.807) is 0 Å². The zero-order chi connectivity index (χ0) is 20.4. The molecule has 0 heterocycles. The first-order valence-electron chi connectivity index (χ1n) is 9.57. The van der Waals surface area contributed by atoms with Crippen molar-refractivity contribution in [2.75, 3.05) is 0 Å². The second kappa shape index (κ2) is 15.3. The maximum Gasteiger partial charge on any atom is -0.172 e. The van der Waals surface area contributed by atoms with Gasteiger partial charge in [-0.1, -0.05) is 27.7 Å². The normalized spacial score (nSPS) is 9.00. The van der Waals surface area contributed by atoms with Gasteiger partial charge in [0.25, 0.3) is 0 Å². The number of benzene rings is 2. The number of hydrogen-bond donors (Lipinski definition) is 0.